The lowest BCUT2D eigenvalue weighted by molar-refractivity contribution is 1.16. The third-order valence-electron chi connectivity index (χ3n) is 3.78. The Kier molecular flexibility index (Phi) is 2.82. The van der Waals surface area contributed by atoms with Crippen LogP contribution in [0.2, 0.25) is 0 Å². The number of aromatic amines is 1. The third-order valence-corrected chi connectivity index (χ3v) is 3.78. The Balaban J connectivity index is 1.63. The summed E-state index contributed by atoms with van der Waals surface area (Å²) in [5.74, 6) is 0. The van der Waals surface area contributed by atoms with Gasteiger partial charge in [0.05, 0.1) is 0 Å². The molecule has 0 unspecified atom stereocenters. The number of H-pyrrole nitrogens is 1. The van der Waals surface area contributed by atoms with Crippen LogP contribution in [-0.2, 0) is 6.54 Å². The summed E-state index contributed by atoms with van der Waals surface area (Å²) in [4.78, 5) is 7.43. The summed E-state index contributed by atoms with van der Waals surface area (Å²) in [6, 6.07) is 16.9. The molecule has 0 fully saturated rings. The first kappa shape index (κ1) is 12.0. The summed E-state index contributed by atoms with van der Waals surface area (Å²) in [6.07, 6.45) is 5.71. The van der Waals surface area contributed by atoms with Crippen molar-refractivity contribution in [3.8, 4) is 0 Å². The zero-order valence-electron chi connectivity index (χ0n) is 11.5. The Labute approximate surface area is 122 Å². The van der Waals surface area contributed by atoms with Crippen molar-refractivity contribution in [2.24, 2.45) is 0 Å². The summed E-state index contributed by atoms with van der Waals surface area (Å²) >= 11 is 0. The number of aromatic nitrogens is 2. The fraction of sp³-hybridized carbons (Fsp3) is 0.0556. The van der Waals surface area contributed by atoms with Gasteiger partial charge >= 0.3 is 0 Å². The molecule has 0 radical (unpaired) electrons. The van der Waals surface area contributed by atoms with Gasteiger partial charge in [0, 0.05) is 41.7 Å². The van der Waals surface area contributed by atoms with Gasteiger partial charge in [-0.1, -0.05) is 18.2 Å². The number of anilines is 1. The molecule has 0 bridgehead atoms. The summed E-state index contributed by atoms with van der Waals surface area (Å²) in [6.45, 7) is 0.801. The van der Waals surface area contributed by atoms with Crippen molar-refractivity contribution in [2.45, 2.75) is 6.54 Å². The molecule has 0 atom stereocenters. The topological polar surface area (TPSA) is 40.7 Å². The Hall–Kier alpha value is -2.81. The first-order valence-corrected chi connectivity index (χ1v) is 7.03. The molecule has 0 aliphatic heterocycles. The molecule has 0 aliphatic carbocycles. The summed E-state index contributed by atoms with van der Waals surface area (Å²) < 4.78 is 0. The van der Waals surface area contributed by atoms with Crippen molar-refractivity contribution in [3.05, 3.63) is 72.7 Å². The molecule has 2 aromatic heterocycles. The van der Waals surface area contributed by atoms with Crippen molar-refractivity contribution in [2.75, 3.05) is 5.32 Å². The van der Waals surface area contributed by atoms with Gasteiger partial charge in [-0.2, -0.15) is 0 Å². The van der Waals surface area contributed by atoms with Crippen molar-refractivity contribution in [1.29, 1.82) is 0 Å². The van der Waals surface area contributed by atoms with Gasteiger partial charge < -0.3 is 10.3 Å². The molecule has 2 aromatic carbocycles. The number of benzene rings is 2. The second-order valence-electron chi connectivity index (χ2n) is 5.16. The Bertz CT molecular complexity index is 903. The molecule has 0 saturated heterocycles. The lowest BCUT2D eigenvalue weighted by Gasteiger charge is -2.09. The van der Waals surface area contributed by atoms with Crippen molar-refractivity contribution >= 4 is 27.4 Å². The highest BCUT2D eigenvalue weighted by molar-refractivity contribution is 5.93. The largest absolute Gasteiger partial charge is 0.380 e. The van der Waals surface area contributed by atoms with Gasteiger partial charge in [0.15, 0.2) is 0 Å². The molecule has 4 aromatic rings. The number of nitrogens with zero attached hydrogens (tertiary/aromatic N) is 1. The van der Waals surface area contributed by atoms with E-state index in [0.29, 0.717) is 0 Å². The van der Waals surface area contributed by atoms with E-state index in [2.05, 4.69) is 57.7 Å². The monoisotopic (exact) mass is 273 g/mol. The van der Waals surface area contributed by atoms with Crippen LogP contribution in [0.1, 0.15) is 5.56 Å². The van der Waals surface area contributed by atoms with Gasteiger partial charge in [-0.15, -0.1) is 0 Å². The van der Waals surface area contributed by atoms with Gasteiger partial charge in [-0.3, -0.25) is 4.98 Å². The number of nitrogens with one attached hydrogen (secondary N) is 2. The lowest BCUT2D eigenvalue weighted by atomic mass is 10.1. The van der Waals surface area contributed by atoms with Crippen molar-refractivity contribution in [1.82, 2.24) is 9.97 Å². The quantitative estimate of drug-likeness (QED) is 0.583. The van der Waals surface area contributed by atoms with E-state index < -0.39 is 0 Å². The molecule has 0 spiro atoms. The first-order valence-electron chi connectivity index (χ1n) is 7.03. The maximum Gasteiger partial charge on any atom is 0.0454 e. The molecule has 21 heavy (non-hydrogen) atoms. The van der Waals surface area contributed by atoms with Gasteiger partial charge in [0.1, 0.15) is 0 Å². The Morgan fingerprint density at radius 1 is 1.00 bits per heavy atom. The van der Waals surface area contributed by atoms with Crippen LogP contribution in [-0.4, -0.2) is 9.97 Å². The average molecular weight is 273 g/mol. The molecule has 0 saturated carbocycles. The van der Waals surface area contributed by atoms with Gasteiger partial charge in [0.25, 0.3) is 0 Å². The molecule has 3 nitrogen and oxygen atoms in total. The van der Waals surface area contributed by atoms with Crippen LogP contribution in [0.3, 0.4) is 0 Å². The lowest BCUT2D eigenvalue weighted by Crippen LogP contribution is -1.99. The van der Waals surface area contributed by atoms with Gasteiger partial charge in [0.2, 0.25) is 0 Å². The van der Waals surface area contributed by atoms with Crippen LogP contribution in [0.25, 0.3) is 21.7 Å². The molecule has 3 heteroatoms. The molecule has 4 rings (SSSR count). The van der Waals surface area contributed by atoms with Crippen molar-refractivity contribution < 1.29 is 0 Å². The van der Waals surface area contributed by atoms with E-state index in [1.807, 2.05) is 24.7 Å². The minimum atomic E-state index is 0.801. The first-order chi connectivity index (χ1) is 10.4. The van der Waals surface area contributed by atoms with E-state index in [4.69, 9.17) is 0 Å². The molecule has 0 amide bonds. The summed E-state index contributed by atoms with van der Waals surface area (Å²) in [5.41, 5.74) is 3.56. The van der Waals surface area contributed by atoms with E-state index in [1.165, 1.54) is 21.9 Å². The molecule has 102 valence electrons. The second kappa shape index (κ2) is 4.94. The standard InChI is InChI=1S/C18H15N3/c1-2-14-6-8-19-12-16(14)18(3-1)21-11-13-4-5-17-15(10-13)7-9-20-17/h1-10,12,20-21H,11H2. The Morgan fingerprint density at radius 2 is 2.00 bits per heavy atom. The van der Waals surface area contributed by atoms with Crippen LogP contribution in [0.5, 0.6) is 0 Å². The normalized spacial score (nSPS) is 11.0. The highest BCUT2D eigenvalue weighted by Crippen LogP contribution is 2.23. The number of pyridine rings is 1. The second-order valence-corrected chi connectivity index (χ2v) is 5.16. The smallest absolute Gasteiger partial charge is 0.0454 e. The summed E-state index contributed by atoms with van der Waals surface area (Å²) in [5, 5.41) is 7.11. The predicted octanol–water partition coefficient (Wildman–Crippen LogP) is 4.33. The highest BCUT2D eigenvalue weighted by atomic mass is 14.9. The number of rotatable bonds is 3. The molecule has 2 N–H and O–H groups in total. The minimum absolute atomic E-state index is 0.801. The number of fused-ring (bicyclic) bond motifs is 2. The fourth-order valence-electron chi connectivity index (χ4n) is 2.68. The SMILES string of the molecule is c1cc(NCc2ccc3[nH]ccc3c2)c2cnccc2c1. The van der Waals surface area contributed by atoms with Crippen LogP contribution in [0.15, 0.2) is 67.1 Å². The van der Waals surface area contributed by atoms with E-state index >= 15 is 0 Å². The number of hydrogen-bond donors (Lipinski definition) is 2. The van der Waals surface area contributed by atoms with Crippen LogP contribution >= 0.6 is 0 Å². The molecule has 2 heterocycles. The summed E-state index contributed by atoms with van der Waals surface area (Å²) in [7, 11) is 0. The highest BCUT2D eigenvalue weighted by Gasteiger charge is 2.01. The van der Waals surface area contributed by atoms with Crippen LogP contribution in [0.4, 0.5) is 5.69 Å². The zero-order chi connectivity index (χ0) is 14.1. The Morgan fingerprint density at radius 3 is 3.00 bits per heavy atom. The minimum Gasteiger partial charge on any atom is -0.380 e. The van der Waals surface area contributed by atoms with Crippen molar-refractivity contribution in [3.63, 3.8) is 0 Å². The van der Waals surface area contributed by atoms with Crippen LogP contribution in [0, 0.1) is 0 Å². The van der Waals surface area contributed by atoms with E-state index in [1.54, 1.807) is 0 Å². The van der Waals surface area contributed by atoms with E-state index in [9.17, 15) is 0 Å². The molecular weight excluding hydrogens is 258 g/mol. The predicted molar refractivity (Wildman–Crippen MR) is 87.4 cm³/mol. The zero-order valence-corrected chi connectivity index (χ0v) is 11.5. The maximum atomic E-state index is 4.22. The fourth-order valence-corrected chi connectivity index (χ4v) is 2.68. The van der Waals surface area contributed by atoms with Gasteiger partial charge in [-0.05, 0) is 46.7 Å². The van der Waals surface area contributed by atoms with E-state index in [-0.39, 0.29) is 0 Å². The van der Waals surface area contributed by atoms with E-state index in [0.717, 1.165) is 17.6 Å². The number of hydrogen-bond acceptors (Lipinski definition) is 2. The third kappa shape index (κ3) is 2.23. The van der Waals surface area contributed by atoms with Crippen LogP contribution < -0.4 is 5.32 Å². The molecule has 0 aliphatic rings. The van der Waals surface area contributed by atoms with Gasteiger partial charge in [-0.25, -0.2) is 0 Å². The molecular formula is C18H15N3. The average Bonchev–Trinajstić information content (AvgIpc) is 3.00. The maximum absolute atomic E-state index is 4.22.